The van der Waals surface area contributed by atoms with E-state index in [2.05, 4.69) is 48.5 Å². The molecule has 0 rings (SSSR count). The molecule has 0 amide bonds. The van der Waals surface area contributed by atoms with Crippen LogP contribution in [-0.4, -0.2) is 15.4 Å². The average Bonchev–Trinajstić information content (AvgIpc) is 2.09. The van der Waals surface area contributed by atoms with Crippen LogP contribution in [0.4, 0.5) is 0 Å². The highest BCUT2D eigenvalue weighted by atomic mass is 28.4. The van der Waals surface area contributed by atoms with Gasteiger partial charge in [-0.15, -0.1) is 0 Å². The van der Waals surface area contributed by atoms with Crippen molar-refractivity contribution in [3.05, 3.63) is 0 Å². The molecule has 0 aromatic rings. The molecule has 2 heteroatoms. The van der Waals surface area contributed by atoms with Crippen LogP contribution in [0.3, 0.4) is 0 Å². The van der Waals surface area contributed by atoms with Gasteiger partial charge in [0.15, 0.2) is 8.32 Å². The minimum atomic E-state index is -1.56. The first-order valence-electron chi connectivity index (χ1n) is 7.09. The van der Waals surface area contributed by atoms with E-state index in [4.69, 9.17) is 4.43 Å². The standard InChI is InChI=1S/C15H34OSi/c1-9-10-11-17(16-8,12-14(2,3)4)13-15(5,6)7/h9-13H2,1-8H3. The molecule has 0 fully saturated rings. The van der Waals surface area contributed by atoms with Crippen LogP contribution < -0.4 is 0 Å². The van der Waals surface area contributed by atoms with Crippen LogP contribution in [0.25, 0.3) is 0 Å². The van der Waals surface area contributed by atoms with Crippen molar-refractivity contribution in [2.75, 3.05) is 7.11 Å². The molecule has 0 aromatic carbocycles. The second kappa shape index (κ2) is 6.37. The average molecular weight is 259 g/mol. The maximum atomic E-state index is 6.13. The van der Waals surface area contributed by atoms with Crippen LogP contribution in [0, 0.1) is 10.8 Å². The number of hydrogen-bond donors (Lipinski definition) is 0. The summed E-state index contributed by atoms with van der Waals surface area (Å²) in [5.74, 6) is 0. The van der Waals surface area contributed by atoms with Crippen LogP contribution in [-0.2, 0) is 4.43 Å². The molecular weight excluding hydrogens is 224 g/mol. The minimum Gasteiger partial charge on any atom is -0.420 e. The monoisotopic (exact) mass is 258 g/mol. The van der Waals surface area contributed by atoms with E-state index in [1.165, 1.54) is 31.0 Å². The smallest absolute Gasteiger partial charge is 0.193 e. The molecule has 0 unspecified atom stereocenters. The molecule has 0 saturated heterocycles. The fourth-order valence-electron chi connectivity index (χ4n) is 2.92. The predicted molar refractivity (Wildman–Crippen MR) is 81.0 cm³/mol. The Morgan fingerprint density at radius 3 is 1.53 bits per heavy atom. The molecule has 0 aliphatic carbocycles. The van der Waals surface area contributed by atoms with Crippen molar-refractivity contribution in [1.82, 2.24) is 0 Å². The van der Waals surface area contributed by atoms with Gasteiger partial charge in [-0.05, 0) is 29.0 Å². The molecule has 17 heavy (non-hydrogen) atoms. The normalized spacial score (nSPS) is 14.1. The predicted octanol–water partition coefficient (Wildman–Crippen LogP) is 5.47. The Hall–Kier alpha value is 0.177. The lowest BCUT2D eigenvalue weighted by atomic mass is 10.00. The molecule has 1 nitrogen and oxygen atoms in total. The van der Waals surface area contributed by atoms with Gasteiger partial charge in [-0.25, -0.2) is 0 Å². The molecule has 0 spiro atoms. The largest absolute Gasteiger partial charge is 0.420 e. The first-order chi connectivity index (χ1) is 7.54. The van der Waals surface area contributed by atoms with E-state index in [0.29, 0.717) is 10.8 Å². The van der Waals surface area contributed by atoms with Crippen molar-refractivity contribution in [1.29, 1.82) is 0 Å². The molecule has 0 aliphatic heterocycles. The van der Waals surface area contributed by atoms with Crippen molar-refractivity contribution >= 4 is 8.32 Å². The number of rotatable bonds is 6. The summed E-state index contributed by atoms with van der Waals surface area (Å²) < 4.78 is 6.13. The van der Waals surface area contributed by atoms with Crippen LogP contribution in [0.5, 0.6) is 0 Å². The van der Waals surface area contributed by atoms with Crippen LogP contribution in [0.1, 0.15) is 61.3 Å². The van der Waals surface area contributed by atoms with Crippen LogP contribution in [0.15, 0.2) is 0 Å². The summed E-state index contributed by atoms with van der Waals surface area (Å²) in [7, 11) is 0.396. The summed E-state index contributed by atoms with van der Waals surface area (Å²) >= 11 is 0. The fourth-order valence-corrected chi connectivity index (χ4v) is 8.75. The Morgan fingerprint density at radius 1 is 0.882 bits per heavy atom. The minimum absolute atomic E-state index is 0.390. The fraction of sp³-hybridized carbons (Fsp3) is 1.00. The Morgan fingerprint density at radius 2 is 1.29 bits per heavy atom. The highest BCUT2D eigenvalue weighted by Crippen LogP contribution is 2.39. The number of unbranched alkanes of at least 4 members (excludes halogenated alkanes) is 1. The zero-order chi connectivity index (χ0) is 13.7. The lowest BCUT2D eigenvalue weighted by Crippen LogP contribution is -2.43. The van der Waals surface area contributed by atoms with E-state index >= 15 is 0 Å². The Bertz CT molecular complexity index is 194. The van der Waals surface area contributed by atoms with Gasteiger partial charge in [0, 0.05) is 7.11 Å². The second-order valence-corrected chi connectivity index (χ2v) is 11.9. The van der Waals surface area contributed by atoms with E-state index in [1.54, 1.807) is 0 Å². The van der Waals surface area contributed by atoms with Gasteiger partial charge in [0.25, 0.3) is 0 Å². The van der Waals surface area contributed by atoms with Gasteiger partial charge in [0.2, 0.25) is 0 Å². The summed E-state index contributed by atoms with van der Waals surface area (Å²) in [6.45, 7) is 16.4. The SMILES string of the molecule is CCCC[Si](CC(C)(C)C)(CC(C)(C)C)OC. The van der Waals surface area contributed by atoms with Crippen LogP contribution >= 0.6 is 0 Å². The summed E-state index contributed by atoms with van der Waals surface area (Å²) in [5, 5.41) is 0. The summed E-state index contributed by atoms with van der Waals surface area (Å²) in [4.78, 5) is 0. The Balaban J connectivity index is 4.87. The molecule has 0 atom stereocenters. The van der Waals surface area contributed by atoms with E-state index in [1.807, 2.05) is 7.11 Å². The number of hydrogen-bond acceptors (Lipinski definition) is 1. The molecular formula is C15H34OSi. The molecule has 104 valence electrons. The van der Waals surface area contributed by atoms with Crippen molar-refractivity contribution in [2.45, 2.75) is 79.4 Å². The highest BCUT2D eigenvalue weighted by molar-refractivity contribution is 6.74. The molecule has 0 N–H and O–H groups in total. The van der Waals surface area contributed by atoms with E-state index in [-0.39, 0.29) is 0 Å². The molecule has 0 radical (unpaired) electrons. The first kappa shape index (κ1) is 17.2. The Kier molecular flexibility index (Phi) is 6.44. The molecule has 0 aliphatic rings. The van der Waals surface area contributed by atoms with Gasteiger partial charge >= 0.3 is 0 Å². The van der Waals surface area contributed by atoms with Crippen LogP contribution in [0.2, 0.25) is 18.1 Å². The van der Waals surface area contributed by atoms with Gasteiger partial charge in [-0.3, -0.25) is 0 Å². The van der Waals surface area contributed by atoms with Gasteiger partial charge in [-0.1, -0.05) is 61.3 Å². The third-order valence-corrected chi connectivity index (χ3v) is 8.66. The quantitative estimate of drug-likeness (QED) is 0.574. The first-order valence-corrected chi connectivity index (χ1v) is 9.62. The highest BCUT2D eigenvalue weighted by Gasteiger charge is 2.40. The zero-order valence-electron chi connectivity index (χ0n) is 13.4. The molecule has 0 heterocycles. The molecule has 0 bridgehead atoms. The lowest BCUT2D eigenvalue weighted by molar-refractivity contribution is 0.326. The van der Waals surface area contributed by atoms with Gasteiger partial charge < -0.3 is 4.43 Å². The van der Waals surface area contributed by atoms with Crippen molar-refractivity contribution in [3.63, 3.8) is 0 Å². The zero-order valence-corrected chi connectivity index (χ0v) is 14.4. The molecule has 0 saturated carbocycles. The lowest BCUT2D eigenvalue weighted by Gasteiger charge is -2.39. The maximum absolute atomic E-state index is 6.13. The topological polar surface area (TPSA) is 9.23 Å². The van der Waals surface area contributed by atoms with Gasteiger partial charge in [0.1, 0.15) is 0 Å². The Labute approximate surface area is 110 Å². The van der Waals surface area contributed by atoms with Crippen molar-refractivity contribution in [3.8, 4) is 0 Å². The van der Waals surface area contributed by atoms with Gasteiger partial charge in [-0.2, -0.15) is 0 Å². The second-order valence-electron chi connectivity index (χ2n) is 7.97. The summed E-state index contributed by atoms with van der Waals surface area (Å²) in [6, 6.07) is 3.90. The van der Waals surface area contributed by atoms with Gasteiger partial charge in [0.05, 0.1) is 0 Å². The van der Waals surface area contributed by atoms with E-state index in [9.17, 15) is 0 Å². The maximum Gasteiger partial charge on any atom is 0.193 e. The van der Waals surface area contributed by atoms with E-state index in [0.717, 1.165) is 0 Å². The third-order valence-electron chi connectivity index (χ3n) is 3.12. The van der Waals surface area contributed by atoms with Crippen molar-refractivity contribution in [2.24, 2.45) is 10.8 Å². The van der Waals surface area contributed by atoms with Crippen molar-refractivity contribution < 1.29 is 4.43 Å². The third kappa shape index (κ3) is 7.99. The summed E-state index contributed by atoms with van der Waals surface area (Å²) in [6.07, 6.45) is 2.61. The summed E-state index contributed by atoms with van der Waals surface area (Å²) in [5.41, 5.74) is 0.780. The molecule has 0 aromatic heterocycles. The van der Waals surface area contributed by atoms with E-state index < -0.39 is 8.32 Å².